The lowest BCUT2D eigenvalue weighted by molar-refractivity contribution is -0.199. The van der Waals surface area contributed by atoms with Crippen LogP contribution in [0.25, 0.3) is 32.9 Å². The highest BCUT2D eigenvalue weighted by Gasteiger charge is 2.44. The third-order valence-corrected chi connectivity index (χ3v) is 9.18. The number of ether oxygens (including phenoxy) is 3. The molecular formula is C39H32F6N4O6. The highest BCUT2D eigenvalue weighted by atomic mass is 19.4. The third-order valence-electron chi connectivity index (χ3n) is 9.18. The monoisotopic (exact) mass is 766 g/mol. The van der Waals surface area contributed by atoms with Gasteiger partial charge in [-0.2, -0.15) is 31.1 Å². The zero-order valence-electron chi connectivity index (χ0n) is 29.0. The minimum Gasteiger partial charge on any atom is -0.497 e. The molecule has 0 bridgehead atoms. The average molecular weight is 767 g/mol. The molecule has 0 saturated carbocycles. The lowest BCUT2D eigenvalue weighted by Crippen LogP contribution is -2.46. The van der Waals surface area contributed by atoms with Crippen LogP contribution in [0, 0.1) is 0 Å². The number of benzene rings is 4. The number of halogens is 6. The van der Waals surface area contributed by atoms with E-state index in [1.54, 1.807) is 24.3 Å². The summed E-state index contributed by atoms with van der Waals surface area (Å²) in [6.45, 7) is 1.93. The van der Waals surface area contributed by atoms with Crippen LogP contribution in [0.4, 0.5) is 32.0 Å². The molecule has 6 aromatic rings. The Morgan fingerprint density at radius 1 is 0.782 bits per heavy atom. The third kappa shape index (κ3) is 7.90. The van der Waals surface area contributed by atoms with Gasteiger partial charge in [-0.05, 0) is 41.5 Å². The number of H-pyrrole nitrogens is 1. The molecule has 10 nitrogen and oxygen atoms in total. The molecule has 0 unspecified atom stereocenters. The van der Waals surface area contributed by atoms with Crippen molar-refractivity contribution in [3.8, 4) is 28.4 Å². The van der Waals surface area contributed by atoms with Crippen molar-refractivity contribution in [2.75, 3.05) is 38.2 Å². The van der Waals surface area contributed by atoms with Gasteiger partial charge in [0.2, 0.25) is 0 Å². The molecule has 1 aliphatic heterocycles. The number of nitrogens with zero attached hydrogens (tertiary/aromatic N) is 3. The summed E-state index contributed by atoms with van der Waals surface area (Å²) in [5.41, 5.74) is 2.85. The van der Waals surface area contributed by atoms with Gasteiger partial charge in [-0.3, -0.25) is 4.90 Å². The van der Waals surface area contributed by atoms with E-state index in [-0.39, 0.29) is 41.1 Å². The highest BCUT2D eigenvalue weighted by molar-refractivity contribution is 6.04. The number of hydrogen-bond acceptors (Lipinski definition) is 8. The molecule has 0 amide bonds. The van der Waals surface area contributed by atoms with Gasteiger partial charge < -0.3 is 28.9 Å². The van der Waals surface area contributed by atoms with Crippen molar-refractivity contribution in [1.82, 2.24) is 14.6 Å². The SMILES string of the molecule is COc1cc(OC(=O)C(F)(F)F)c2c(-c3ccc(OCc4ccccc4)cc3)c(CN3CCN(c4cccc5[nH]ccc45)CC3)n(OC(=O)C(F)(F)F)c2c1. The quantitative estimate of drug-likeness (QED) is 0.0862. The Hall–Kier alpha value is -6.16. The first-order valence-electron chi connectivity index (χ1n) is 16.9. The maximum absolute atomic E-state index is 13.8. The number of fused-ring (bicyclic) bond motifs is 2. The van der Waals surface area contributed by atoms with Crippen molar-refractivity contribution < 1.29 is 55.0 Å². The van der Waals surface area contributed by atoms with E-state index in [0.717, 1.165) is 35.3 Å². The van der Waals surface area contributed by atoms with Crippen LogP contribution in [0.1, 0.15) is 11.3 Å². The van der Waals surface area contributed by atoms with Gasteiger partial charge in [-0.25, -0.2) is 9.59 Å². The summed E-state index contributed by atoms with van der Waals surface area (Å²) in [4.78, 5) is 37.0. The van der Waals surface area contributed by atoms with Crippen molar-refractivity contribution in [2.45, 2.75) is 25.5 Å². The first kappa shape index (κ1) is 37.2. The largest absolute Gasteiger partial charge is 0.497 e. The molecule has 0 radical (unpaired) electrons. The van der Waals surface area contributed by atoms with E-state index in [0.29, 0.717) is 42.2 Å². The Bertz CT molecular complexity index is 2330. The van der Waals surface area contributed by atoms with Crippen LogP contribution in [0.5, 0.6) is 17.2 Å². The predicted octanol–water partition coefficient (Wildman–Crippen LogP) is 7.68. The number of methoxy groups -OCH3 is 1. The number of alkyl halides is 6. The van der Waals surface area contributed by atoms with Gasteiger partial charge in [0.1, 0.15) is 23.9 Å². The molecule has 4 aromatic carbocycles. The first-order chi connectivity index (χ1) is 26.3. The highest BCUT2D eigenvalue weighted by Crippen LogP contribution is 2.44. The minimum atomic E-state index is -5.44. The normalized spacial score (nSPS) is 14.0. The molecule has 1 aliphatic rings. The van der Waals surface area contributed by atoms with Crippen LogP contribution in [0.3, 0.4) is 0 Å². The lowest BCUT2D eigenvalue weighted by atomic mass is 10.00. The smallest absolute Gasteiger partial charge is 0.493 e. The van der Waals surface area contributed by atoms with E-state index < -0.39 is 30.0 Å². The molecule has 1 fully saturated rings. The summed E-state index contributed by atoms with van der Waals surface area (Å²) in [6, 6.07) is 25.6. The van der Waals surface area contributed by atoms with Crippen LogP contribution in [0.15, 0.2) is 97.2 Å². The van der Waals surface area contributed by atoms with Gasteiger partial charge in [0.25, 0.3) is 0 Å². The Labute approximate surface area is 309 Å². The van der Waals surface area contributed by atoms with Crippen LogP contribution in [-0.4, -0.2) is 72.2 Å². The van der Waals surface area contributed by atoms with E-state index in [2.05, 4.69) is 9.88 Å². The number of carbonyl (C=O) groups is 2. The van der Waals surface area contributed by atoms with Gasteiger partial charge in [-0.15, -0.1) is 0 Å². The average Bonchev–Trinajstić information content (AvgIpc) is 3.77. The summed E-state index contributed by atoms with van der Waals surface area (Å²) in [5.74, 6) is -5.60. The maximum Gasteiger partial charge on any atom is 0.493 e. The number of rotatable bonds is 10. The Kier molecular flexibility index (Phi) is 10.1. The molecular weight excluding hydrogens is 734 g/mol. The fourth-order valence-electron chi connectivity index (χ4n) is 6.59. The molecule has 1 saturated heterocycles. The lowest BCUT2D eigenvalue weighted by Gasteiger charge is -2.36. The number of anilines is 1. The second-order valence-electron chi connectivity index (χ2n) is 12.7. The Morgan fingerprint density at radius 3 is 2.16 bits per heavy atom. The molecule has 55 heavy (non-hydrogen) atoms. The van der Waals surface area contributed by atoms with Gasteiger partial charge >= 0.3 is 24.3 Å². The van der Waals surface area contributed by atoms with Crippen LogP contribution in [0.2, 0.25) is 0 Å². The predicted molar refractivity (Wildman–Crippen MR) is 190 cm³/mol. The number of aromatic amines is 1. The van der Waals surface area contributed by atoms with Crippen molar-refractivity contribution in [2.24, 2.45) is 0 Å². The van der Waals surface area contributed by atoms with E-state index in [1.807, 2.05) is 65.7 Å². The van der Waals surface area contributed by atoms with Gasteiger partial charge in [0.05, 0.1) is 23.7 Å². The zero-order chi connectivity index (χ0) is 38.9. The number of esters is 1. The molecule has 16 heteroatoms. The van der Waals surface area contributed by atoms with Crippen LogP contribution >= 0.6 is 0 Å². The van der Waals surface area contributed by atoms with E-state index in [4.69, 9.17) is 19.0 Å². The number of aromatic nitrogens is 2. The summed E-state index contributed by atoms with van der Waals surface area (Å²) in [5, 5.41) is 0.794. The molecule has 0 spiro atoms. The van der Waals surface area contributed by atoms with Gasteiger partial charge in [0, 0.05) is 73.2 Å². The Balaban J connectivity index is 1.33. The fourth-order valence-corrected chi connectivity index (χ4v) is 6.59. The van der Waals surface area contributed by atoms with Gasteiger partial charge in [0.15, 0.2) is 0 Å². The summed E-state index contributed by atoms with van der Waals surface area (Å²) >= 11 is 0. The number of carbonyl (C=O) groups excluding carboxylic acids is 2. The summed E-state index contributed by atoms with van der Waals surface area (Å²) < 4.78 is 98.7. The zero-order valence-corrected chi connectivity index (χ0v) is 29.0. The number of hydrogen-bond donors (Lipinski definition) is 1. The number of nitrogens with one attached hydrogen (secondary N) is 1. The standard InChI is InChI=1S/C39H32F6N4O6/c1-52-27-20-31-35(33(21-27)54-36(50)38(40,41)42)34(25-10-12-26(13-11-25)53-23-24-6-3-2-4-7-24)32(49(31)55-37(51)39(43,44)45)22-47-16-18-48(19-17-47)30-9-5-8-29-28(30)14-15-46-29/h2-15,20-21,46H,16-19,22-23H2,1H3. The van der Waals surface area contributed by atoms with Crippen molar-refractivity contribution in [3.63, 3.8) is 0 Å². The first-order valence-corrected chi connectivity index (χ1v) is 16.9. The van der Waals surface area contributed by atoms with E-state index in [9.17, 15) is 35.9 Å². The molecule has 286 valence electrons. The fraction of sp³-hybridized carbons (Fsp3) is 0.231. The number of piperazine rings is 1. The molecule has 1 N–H and O–H groups in total. The summed E-state index contributed by atoms with van der Waals surface area (Å²) in [7, 11) is 1.16. The summed E-state index contributed by atoms with van der Waals surface area (Å²) in [6.07, 6.45) is -9.03. The van der Waals surface area contributed by atoms with Crippen molar-refractivity contribution in [1.29, 1.82) is 0 Å². The second-order valence-corrected chi connectivity index (χ2v) is 12.7. The van der Waals surface area contributed by atoms with Gasteiger partial charge in [-0.1, -0.05) is 48.5 Å². The minimum absolute atomic E-state index is 0.0238. The molecule has 0 atom stereocenters. The van der Waals surface area contributed by atoms with Crippen molar-refractivity contribution in [3.05, 3.63) is 108 Å². The molecule has 7 rings (SSSR count). The molecule has 3 heterocycles. The van der Waals surface area contributed by atoms with E-state index in [1.165, 1.54) is 6.07 Å². The Morgan fingerprint density at radius 2 is 1.49 bits per heavy atom. The van der Waals surface area contributed by atoms with Crippen LogP contribution < -0.4 is 23.9 Å². The van der Waals surface area contributed by atoms with Crippen LogP contribution in [-0.2, 0) is 22.7 Å². The maximum atomic E-state index is 13.8. The topological polar surface area (TPSA) is 98.3 Å². The van der Waals surface area contributed by atoms with Crippen molar-refractivity contribution >= 4 is 39.4 Å². The van der Waals surface area contributed by atoms with E-state index >= 15 is 0 Å². The molecule has 2 aromatic heterocycles. The molecule has 0 aliphatic carbocycles. The second kappa shape index (κ2) is 14.9.